The van der Waals surface area contributed by atoms with Gasteiger partial charge >= 0.3 is 0 Å². The van der Waals surface area contributed by atoms with E-state index in [0.29, 0.717) is 24.3 Å². The smallest absolute Gasteiger partial charge is 0.272 e. The molecule has 0 radical (unpaired) electrons. The van der Waals surface area contributed by atoms with Crippen molar-refractivity contribution >= 4 is 11.6 Å². The Morgan fingerprint density at radius 1 is 1.38 bits per heavy atom. The number of amides is 1. The number of ether oxygens (including phenoxy) is 1. The van der Waals surface area contributed by atoms with E-state index in [0.717, 1.165) is 16.9 Å². The first-order chi connectivity index (χ1) is 11.7. The fourth-order valence-electron chi connectivity index (χ4n) is 2.40. The molecule has 2 heterocycles. The van der Waals surface area contributed by atoms with Crippen molar-refractivity contribution in [3.63, 3.8) is 0 Å². The topological polar surface area (TPSA) is 88.8 Å². The summed E-state index contributed by atoms with van der Waals surface area (Å²) in [6.07, 6.45) is 3.93. The van der Waals surface area contributed by atoms with Crippen molar-refractivity contribution < 1.29 is 14.6 Å². The van der Waals surface area contributed by atoms with Gasteiger partial charge in [0.1, 0.15) is 5.75 Å². The number of rotatable bonds is 6. The lowest BCUT2D eigenvalue weighted by molar-refractivity contribution is 0.0945. The van der Waals surface area contributed by atoms with E-state index < -0.39 is 0 Å². The molecule has 0 aliphatic heterocycles. The Bertz CT molecular complexity index is 860. The van der Waals surface area contributed by atoms with Gasteiger partial charge in [-0.25, -0.2) is 9.50 Å². The molecule has 0 saturated heterocycles. The number of aromatic nitrogens is 3. The minimum atomic E-state index is -0.282. The first-order valence-electron chi connectivity index (χ1n) is 7.56. The van der Waals surface area contributed by atoms with Crippen molar-refractivity contribution in [3.05, 3.63) is 59.5 Å². The standard InChI is InChI=1S/C17H18N4O3/c1-24-15-5-3-2-4-13(15)10-19-17(23)14-8-16-18-9-12(6-7-22)11-21(16)20-14/h2-5,8-9,11,22H,6-7,10H2,1H3,(H,19,23). The van der Waals surface area contributed by atoms with Gasteiger partial charge in [0.05, 0.1) is 7.11 Å². The molecule has 0 aliphatic carbocycles. The number of para-hydroxylation sites is 1. The Balaban J connectivity index is 1.74. The van der Waals surface area contributed by atoms with Crippen LogP contribution in [0.4, 0.5) is 0 Å². The van der Waals surface area contributed by atoms with Gasteiger partial charge in [-0.2, -0.15) is 5.10 Å². The average Bonchev–Trinajstić information content (AvgIpc) is 3.03. The Morgan fingerprint density at radius 2 is 2.21 bits per heavy atom. The van der Waals surface area contributed by atoms with E-state index >= 15 is 0 Å². The maximum atomic E-state index is 12.3. The number of aliphatic hydroxyl groups is 1. The van der Waals surface area contributed by atoms with Gasteiger partial charge in [0, 0.05) is 37.2 Å². The van der Waals surface area contributed by atoms with E-state index in [-0.39, 0.29) is 12.5 Å². The first kappa shape index (κ1) is 15.9. The van der Waals surface area contributed by atoms with Crippen molar-refractivity contribution in [1.82, 2.24) is 19.9 Å². The highest BCUT2D eigenvalue weighted by atomic mass is 16.5. The number of nitrogens with zero attached hydrogens (tertiary/aromatic N) is 3. The molecule has 7 heteroatoms. The number of aliphatic hydroxyl groups excluding tert-OH is 1. The predicted octanol–water partition coefficient (Wildman–Crippen LogP) is 1.20. The van der Waals surface area contributed by atoms with Crippen LogP contribution in [0.15, 0.2) is 42.7 Å². The first-order valence-corrected chi connectivity index (χ1v) is 7.56. The summed E-state index contributed by atoms with van der Waals surface area (Å²) in [6.45, 7) is 0.390. The van der Waals surface area contributed by atoms with Crippen LogP contribution in [0.2, 0.25) is 0 Å². The molecule has 124 valence electrons. The van der Waals surface area contributed by atoms with Gasteiger partial charge in [-0.3, -0.25) is 4.79 Å². The van der Waals surface area contributed by atoms with E-state index in [4.69, 9.17) is 9.84 Å². The minimum Gasteiger partial charge on any atom is -0.496 e. The van der Waals surface area contributed by atoms with Crippen LogP contribution >= 0.6 is 0 Å². The quantitative estimate of drug-likeness (QED) is 0.710. The van der Waals surface area contributed by atoms with E-state index in [9.17, 15) is 4.79 Å². The molecule has 0 aliphatic rings. The fraction of sp³-hybridized carbons (Fsp3) is 0.235. The van der Waals surface area contributed by atoms with Crippen LogP contribution < -0.4 is 10.1 Å². The Morgan fingerprint density at radius 3 is 3.00 bits per heavy atom. The fourth-order valence-corrected chi connectivity index (χ4v) is 2.40. The lowest BCUT2D eigenvalue weighted by Crippen LogP contribution is -2.23. The zero-order valence-electron chi connectivity index (χ0n) is 13.3. The highest BCUT2D eigenvalue weighted by Gasteiger charge is 2.12. The molecule has 3 aromatic rings. The summed E-state index contributed by atoms with van der Waals surface area (Å²) in [6, 6.07) is 9.13. The number of fused-ring (bicyclic) bond motifs is 1. The van der Waals surface area contributed by atoms with Gasteiger partial charge in [0.25, 0.3) is 5.91 Å². The number of methoxy groups -OCH3 is 1. The summed E-state index contributed by atoms with van der Waals surface area (Å²) in [5.41, 5.74) is 2.62. The van der Waals surface area contributed by atoms with Gasteiger partial charge in [0.2, 0.25) is 0 Å². The van der Waals surface area contributed by atoms with Gasteiger partial charge in [-0.15, -0.1) is 0 Å². The molecular formula is C17H18N4O3. The van der Waals surface area contributed by atoms with Crippen LogP contribution in [0, 0.1) is 0 Å². The number of hydrogen-bond acceptors (Lipinski definition) is 5. The Hall–Kier alpha value is -2.93. The molecule has 7 nitrogen and oxygen atoms in total. The zero-order valence-corrected chi connectivity index (χ0v) is 13.3. The van der Waals surface area contributed by atoms with Crippen molar-refractivity contribution in [2.24, 2.45) is 0 Å². The monoisotopic (exact) mass is 326 g/mol. The van der Waals surface area contributed by atoms with Crippen LogP contribution in [0.3, 0.4) is 0 Å². The largest absolute Gasteiger partial charge is 0.496 e. The van der Waals surface area contributed by atoms with Crippen LogP contribution in [0.1, 0.15) is 21.6 Å². The number of nitrogens with one attached hydrogen (secondary N) is 1. The number of carbonyl (C=O) groups is 1. The predicted molar refractivity (Wildman–Crippen MR) is 87.9 cm³/mol. The van der Waals surface area contributed by atoms with E-state index in [1.807, 2.05) is 24.3 Å². The highest BCUT2D eigenvalue weighted by molar-refractivity contribution is 5.93. The average molecular weight is 326 g/mol. The van der Waals surface area contributed by atoms with Crippen LogP contribution in [0.5, 0.6) is 5.75 Å². The second-order valence-electron chi connectivity index (χ2n) is 5.26. The van der Waals surface area contributed by atoms with Gasteiger partial charge in [-0.1, -0.05) is 18.2 Å². The summed E-state index contributed by atoms with van der Waals surface area (Å²) >= 11 is 0. The SMILES string of the molecule is COc1ccccc1CNC(=O)c1cc2ncc(CCO)cn2n1. The number of benzene rings is 1. The van der Waals surface area contributed by atoms with Gasteiger partial charge in [0.15, 0.2) is 11.3 Å². The van der Waals surface area contributed by atoms with Crippen LogP contribution in [-0.4, -0.2) is 39.3 Å². The summed E-state index contributed by atoms with van der Waals surface area (Å²) in [5, 5.41) is 16.0. The summed E-state index contributed by atoms with van der Waals surface area (Å²) in [4.78, 5) is 16.5. The molecule has 0 bridgehead atoms. The third-order valence-corrected chi connectivity index (χ3v) is 3.63. The maximum absolute atomic E-state index is 12.3. The third kappa shape index (κ3) is 3.36. The van der Waals surface area contributed by atoms with E-state index in [1.165, 1.54) is 0 Å². The lowest BCUT2D eigenvalue weighted by Gasteiger charge is -2.08. The molecular weight excluding hydrogens is 308 g/mol. The summed E-state index contributed by atoms with van der Waals surface area (Å²) in [7, 11) is 1.60. The Kier molecular flexibility index (Phi) is 4.72. The molecule has 3 rings (SSSR count). The van der Waals surface area contributed by atoms with E-state index in [1.54, 1.807) is 30.1 Å². The Labute approximate surface area is 138 Å². The van der Waals surface area contributed by atoms with Crippen LogP contribution in [0.25, 0.3) is 5.65 Å². The van der Waals surface area contributed by atoms with Gasteiger partial charge in [-0.05, 0) is 18.1 Å². The lowest BCUT2D eigenvalue weighted by atomic mass is 10.2. The molecule has 0 unspecified atom stereocenters. The zero-order chi connectivity index (χ0) is 16.9. The number of hydrogen-bond donors (Lipinski definition) is 2. The van der Waals surface area contributed by atoms with Crippen molar-refractivity contribution in [3.8, 4) is 5.75 Å². The number of carbonyl (C=O) groups excluding carboxylic acids is 1. The van der Waals surface area contributed by atoms with Crippen molar-refractivity contribution in [2.75, 3.05) is 13.7 Å². The molecule has 2 N–H and O–H groups in total. The van der Waals surface area contributed by atoms with Crippen LogP contribution in [-0.2, 0) is 13.0 Å². The minimum absolute atomic E-state index is 0.0424. The second kappa shape index (κ2) is 7.10. The normalized spacial score (nSPS) is 10.8. The summed E-state index contributed by atoms with van der Waals surface area (Å²) < 4.78 is 6.81. The second-order valence-corrected chi connectivity index (χ2v) is 5.26. The molecule has 0 saturated carbocycles. The molecule has 0 atom stereocenters. The molecule has 0 fully saturated rings. The highest BCUT2D eigenvalue weighted by Crippen LogP contribution is 2.17. The van der Waals surface area contributed by atoms with Gasteiger partial charge < -0.3 is 15.2 Å². The van der Waals surface area contributed by atoms with Crippen molar-refractivity contribution in [2.45, 2.75) is 13.0 Å². The maximum Gasteiger partial charge on any atom is 0.272 e. The molecule has 0 spiro atoms. The molecule has 1 aromatic carbocycles. The molecule has 2 aromatic heterocycles. The van der Waals surface area contributed by atoms with Crippen molar-refractivity contribution in [1.29, 1.82) is 0 Å². The third-order valence-electron chi connectivity index (χ3n) is 3.63. The summed E-state index contributed by atoms with van der Waals surface area (Å²) in [5.74, 6) is 0.443. The molecule has 24 heavy (non-hydrogen) atoms. The molecule has 1 amide bonds. The van der Waals surface area contributed by atoms with E-state index in [2.05, 4.69) is 15.4 Å².